The molecule has 12 nitrogen and oxygen atoms in total. The number of carbonyl (C=O) groups excluding carboxylic acids is 2. The highest BCUT2D eigenvalue weighted by Gasteiger charge is 2.27. The van der Waals surface area contributed by atoms with E-state index in [2.05, 4.69) is 25.8 Å². The molecule has 1 saturated heterocycles. The summed E-state index contributed by atoms with van der Waals surface area (Å²) in [7, 11) is 3.61. The number of nitrogens with one attached hydrogen (secondary N) is 3. The average molecular weight is 562 g/mol. The fourth-order valence-corrected chi connectivity index (χ4v) is 4.58. The minimum atomic E-state index is -0.613. The van der Waals surface area contributed by atoms with Crippen molar-refractivity contribution in [2.75, 3.05) is 73.9 Å². The lowest BCUT2D eigenvalue weighted by molar-refractivity contribution is -0.384. The molecular formula is C29H35N7O5. The van der Waals surface area contributed by atoms with Crippen LogP contribution < -0.4 is 25.8 Å². The number of nitrogens with zero attached hydrogens (tertiary/aromatic N) is 4. The number of aryl methyl sites for hydroxylation is 1. The van der Waals surface area contributed by atoms with Crippen LogP contribution in [0.2, 0.25) is 0 Å². The molecule has 3 N–H and O–H groups in total. The summed E-state index contributed by atoms with van der Waals surface area (Å²) in [5.41, 5.74) is 2.14. The number of rotatable bonds is 11. The molecule has 3 aromatic rings. The standard InChI is InChI=1S/C29H35N7O5/c1-20-8-9-22(32-28(37)21-10-12-31-26(18-21)35-14-16-41-17-15-35)19-24(20)33-29(38)23-6-4-7-25(27(23)36(39)40)34(3)13-5-11-30-2/h4,6-10,12,18-19,30H,5,11,13-17H2,1-3H3,(H,32,37)(H,33,38). The van der Waals surface area contributed by atoms with Gasteiger partial charge in [-0.3, -0.25) is 19.7 Å². The summed E-state index contributed by atoms with van der Waals surface area (Å²) in [4.78, 5) is 46.1. The summed E-state index contributed by atoms with van der Waals surface area (Å²) >= 11 is 0. The molecule has 0 unspecified atom stereocenters. The van der Waals surface area contributed by atoms with Crippen molar-refractivity contribution in [2.45, 2.75) is 13.3 Å². The van der Waals surface area contributed by atoms with Gasteiger partial charge in [-0.15, -0.1) is 0 Å². The number of nitro benzene ring substituents is 1. The summed E-state index contributed by atoms with van der Waals surface area (Å²) in [6.45, 7) is 5.77. The van der Waals surface area contributed by atoms with E-state index < -0.39 is 10.8 Å². The first kappa shape index (κ1) is 29.4. The van der Waals surface area contributed by atoms with Gasteiger partial charge in [0.1, 0.15) is 17.1 Å². The summed E-state index contributed by atoms with van der Waals surface area (Å²) < 4.78 is 5.39. The van der Waals surface area contributed by atoms with Crippen LogP contribution in [0.3, 0.4) is 0 Å². The van der Waals surface area contributed by atoms with Crippen LogP contribution in [0, 0.1) is 17.0 Å². The van der Waals surface area contributed by atoms with Gasteiger partial charge in [0.05, 0.1) is 18.1 Å². The van der Waals surface area contributed by atoms with Gasteiger partial charge in [0.2, 0.25) is 0 Å². The van der Waals surface area contributed by atoms with Crippen molar-refractivity contribution in [1.82, 2.24) is 10.3 Å². The second-order valence-electron chi connectivity index (χ2n) is 9.75. The minimum absolute atomic E-state index is 0.0470. The molecule has 216 valence electrons. The second-order valence-corrected chi connectivity index (χ2v) is 9.75. The lowest BCUT2D eigenvalue weighted by Gasteiger charge is -2.27. The van der Waals surface area contributed by atoms with Gasteiger partial charge >= 0.3 is 5.69 Å². The molecule has 0 saturated carbocycles. The third kappa shape index (κ3) is 7.35. The van der Waals surface area contributed by atoms with Gasteiger partial charge in [0, 0.05) is 49.8 Å². The maximum Gasteiger partial charge on any atom is 0.305 e. The van der Waals surface area contributed by atoms with Crippen LogP contribution in [0.15, 0.2) is 54.7 Å². The lowest BCUT2D eigenvalue weighted by atomic mass is 10.1. The topological polar surface area (TPSA) is 142 Å². The van der Waals surface area contributed by atoms with E-state index in [1.165, 1.54) is 6.07 Å². The Kier molecular flexibility index (Phi) is 9.82. The number of para-hydroxylation sites is 1. The fraction of sp³-hybridized carbons (Fsp3) is 0.345. The van der Waals surface area contributed by atoms with E-state index in [1.54, 1.807) is 67.5 Å². The van der Waals surface area contributed by atoms with Crippen LogP contribution in [-0.4, -0.2) is 75.2 Å². The molecule has 41 heavy (non-hydrogen) atoms. The molecule has 2 aromatic carbocycles. The molecule has 0 radical (unpaired) electrons. The van der Waals surface area contributed by atoms with Crippen molar-refractivity contribution in [2.24, 2.45) is 0 Å². The Hall–Kier alpha value is -4.55. The average Bonchev–Trinajstić information content (AvgIpc) is 2.99. The first-order chi connectivity index (χ1) is 19.8. The van der Waals surface area contributed by atoms with E-state index >= 15 is 0 Å². The molecule has 0 spiro atoms. The first-order valence-electron chi connectivity index (χ1n) is 13.4. The molecule has 1 aromatic heterocycles. The van der Waals surface area contributed by atoms with E-state index in [-0.39, 0.29) is 17.2 Å². The monoisotopic (exact) mass is 561 g/mol. The molecule has 1 aliphatic heterocycles. The van der Waals surface area contributed by atoms with Crippen LogP contribution in [0.5, 0.6) is 0 Å². The number of hydrogen-bond donors (Lipinski definition) is 3. The molecule has 0 atom stereocenters. The highest BCUT2D eigenvalue weighted by molar-refractivity contribution is 6.09. The maximum atomic E-state index is 13.3. The summed E-state index contributed by atoms with van der Waals surface area (Å²) in [6, 6.07) is 13.2. The Morgan fingerprint density at radius 3 is 2.61 bits per heavy atom. The number of hydrogen-bond acceptors (Lipinski definition) is 9. The van der Waals surface area contributed by atoms with Gasteiger partial charge in [-0.25, -0.2) is 4.98 Å². The van der Waals surface area contributed by atoms with Crippen molar-refractivity contribution < 1.29 is 19.2 Å². The zero-order chi connectivity index (χ0) is 29.4. The van der Waals surface area contributed by atoms with Crippen molar-refractivity contribution in [3.8, 4) is 0 Å². The second kappa shape index (κ2) is 13.7. The van der Waals surface area contributed by atoms with Gasteiger partial charge in [0.25, 0.3) is 11.8 Å². The van der Waals surface area contributed by atoms with Crippen molar-refractivity contribution in [3.05, 3.63) is 81.5 Å². The molecule has 1 aliphatic rings. The first-order valence-corrected chi connectivity index (χ1v) is 13.4. The SMILES string of the molecule is CNCCCN(C)c1cccc(C(=O)Nc2cc(NC(=O)c3ccnc(N4CCOCC4)c3)ccc2C)c1[N+](=O)[O-]. The van der Waals surface area contributed by atoms with Crippen LogP contribution >= 0.6 is 0 Å². The van der Waals surface area contributed by atoms with Crippen LogP contribution in [-0.2, 0) is 4.74 Å². The maximum absolute atomic E-state index is 13.3. The third-order valence-electron chi connectivity index (χ3n) is 6.86. The van der Waals surface area contributed by atoms with Gasteiger partial charge in [-0.05, 0) is 68.9 Å². The quantitative estimate of drug-likeness (QED) is 0.182. The van der Waals surface area contributed by atoms with E-state index in [4.69, 9.17) is 4.74 Å². The number of ether oxygens (including phenoxy) is 1. The molecule has 4 rings (SSSR count). The van der Waals surface area contributed by atoms with Crippen LogP contribution in [0.1, 0.15) is 32.7 Å². The Bertz CT molecular complexity index is 1410. The minimum Gasteiger partial charge on any atom is -0.378 e. The van der Waals surface area contributed by atoms with Crippen molar-refractivity contribution in [3.63, 3.8) is 0 Å². The fourth-order valence-electron chi connectivity index (χ4n) is 4.58. The summed E-state index contributed by atoms with van der Waals surface area (Å²) in [5.74, 6) is -0.236. The number of benzene rings is 2. The molecular weight excluding hydrogens is 526 g/mol. The Balaban J connectivity index is 1.51. The number of aromatic nitrogens is 1. The largest absolute Gasteiger partial charge is 0.378 e. The van der Waals surface area contributed by atoms with E-state index in [1.807, 2.05) is 7.05 Å². The molecule has 2 heterocycles. The van der Waals surface area contributed by atoms with Gasteiger partial charge < -0.3 is 30.5 Å². The Labute approximate surface area is 238 Å². The molecule has 0 bridgehead atoms. The zero-order valence-electron chi connectivity index (χ0n) is 23.5. The van der Waals surface area contributed by atoms with E-state index in [0.29, 0.717) is 61.3 Å². The lowest BCUT2D eigenvalue weighted by Crippen LogP contribution is -2.36. The number of pyridine rings is 1. The smallest absolute Gasteiger partial charge is 0.305 e. The Morgan fingerprint density at radius 2 is 1.88 bits per heavy atom. The Morgan fingerprint density at radius 1 is 1.10 bits per heavy atom. The molecule has 2 amide bonds. The van der Waals surface area contributed by atoms with Gasteiger partial charge in [-0.1, -0.05) is 12.1 Å². The highest BCUT2D eigenvalue weighted by Crippen LogP contribution is 2.32. The zero-order valence-corrected chi connectivity index (χ0v) is 23.5. The predicted octanol–water partition coefficient (Wildman–Crippen LogP) is 3.69. The number of amides is 2. The van der Waals surface area contributed by atoms with Crippen molar-refractivity contribution in [1.29, 1.82) is 0 Å². The van der Waals surface area contributed by atoms with Crippen LogP contribution in [0.4, 0.5) is 28.6 Å². The molecule has 0 aliphatic carbocycles. The number of anilines is 4. The van der Waals surface area contributed by atoms with Crippen LogP contribution in [0.25, 0.3) is 0 Å². The summed E-state index contributed by atoms with van der Waals surface area (Å²) in [5, 5.41) is 20.8. The predicted molar refractivity (Wildman–Crippen MR) is 159 cm³/mol. The molecule has 1 fully saturated rings. The van der Waals surface area contributed by atoms with Gasteiger partial charge in [0.15, 0.2) is 0 Å². The van der Waals surface area contributed by atoms with Crippen molar-refractivity contribution >= 4 is 40.4 Å². The normalized spacial score (nSPS) is 13.0. The number of morpholine rings is 1. The van der Waals surface area contributed by atoms with Gasteiger partial charge in [-0.2, -0.15) is 0 Å². The highest BCUT2D eigenvalue weighted by atomic mass is 16.6. The molecule has 12 heteroatoms. The number of carbonyl (C=O) groups is 2. The van der Waals surface area contributed by atoms with E-state index in [0.717, 1.165) is 18.5 Å². The summed E-state index contributed by atoms with van der Waals surface area (Å²) in [6.07, 6.45) is 2.38. The third-order valence-corrected chi connectivity index (χ3v) is 6.86. The number of nitro groups is 1. The van der Waals surface area contributed by atoms with E-state index in [9.17, 15) is 19.7 Å².